The Balaban J connectivity index is 1.74. The van der Waals surface area contributed by atoms with Crippen molar-refractivity contribution in [1.29, 1.82) is 0 Å². The van der Waals surface area contributed by atoms with Crippen molar-refractivity contribution in [1.82, 2.24) is 25.4 Å². The van der Waals surface area contributed by atoms with E-state index in [1.807, 2.05) is 26.1 Å². The zero-order chi connectivity index (χ0) is 23.7. The van der Waals surface area contributed by atoms with Gasteiger partial charge in [0.05, 0.1) is 6.20 Å². The SMILES string of the molecule is CCCC1=C(CNC(=O)c2cc(-c3cn[nH]c3)cc3c2c(C)cn3C(C)C)C(O)NC(C)=C1. The average Bonchev–Trinajstić information content (AvgIpc) is 3.41. The van der Waals surface area contributed by atoms with Gasteiger partial charge in [0.2, 0.25) is 0 Å². The summed E-state index contributed by atoms with van der Waals surface area (Å²) in [4.78, 5) is 13.5. The van der Waals surface area contributed by atoms with Crippen LogP contribution in [0.15, 0.2) is 53.6 Å². The van der Waals surface area contributed by atoms with Crippen LogP contribution < -0.4 is 10.6 Å². The number of allylic oxidation sites excluding steroid dienone is 3. The Bertz CT molecular complexity index is 1230. The maximum Gasteiger partial charge on any atom is 0.252 e. The lowest BCUT2D eigenvalue weighted by molar-refractivity contribution is 0.0954. The highest BCUT2D eigenvalue weighted by Crippen LogP contribution is 2.32. The minimum absolute atomic E-state index is 0.156. The molecule has 0 saturated carbocycles. The van der Waals surface area contributed by atoms with E-state index in [9.17, 15) is 9.90 Å². The van der Waals surface area contributed by atoms with E-state index >= 15 is 0 Å². The molecule has 0 spiro atoms. The Morgan fingerprint density at radius 1 is 1.27 bits per heavy atom. The molecule has 0 saturated heterocycles. The van der Waals surface area contributed by atoms with Crippen molar-refractivity contribution in [2.75, 3.05) is 6.54 Å². The molecular weight excluding hydrogens is 414 g/mol. The lowest BCUT2D eigenvalue weighted by Crippen LogP contribution is -2.38. The first-order chi connectivity index (χ1) is 15.8. The molecular formula is C26H33N5O2. The molecule has 1 aliphatic rings. The molecule has 174 valence electrons. The molecule has 3 aromatic rings. The van der Waals surface area contributed by atoms with Gasteiger partial charge in [-0.25, -0.2) is 0 Å². The van der Waals surface area contributed by atoms with Crippen LogP contribution in [0.5, 0.6) is 0 Å². The molecule has 4 N–H and O–H groups in total. The zero-order valence-electron chi connectivity index (χ0n) is 20.0. The van der Waals surface area contributed by atoms with Gasteiger partial charge in [-0.2, -0.15) is 5.10 Å². The fourth-order valence-corrected chi connectivity index (χ4v) is 4.63. The van der Waals surface area contributed by atoms with Crippen molar-refractivity contribution in [3.63, 3.8) is 0 Å². The Labute approximate surface area is 194 Å². The van der Waals surface area contributed by atoms with Gasteiger partial charge >= 0.3 is 0 Å². The molecule has 1 atom stereocenters. The number of aromatic nitrogens is 3. The van der Waals surface area contributed by atoms with Crippen molar-refractivity contribution < 1.29 is 9.90 Å². The number of rotatable bonds is 7. The monoisotopic (exact) mass is 447 g/mol. The molecule has 1 aliphatic heterocycles. The summed E-state index contributed by atoms with van der Waals surface area (Å²) in [6.45, 7) is 10.7. The second kappa shape index (κ2) is 9.27. The van der Waals surface area contributed by atoms with Crippen LogP contribution >= 0.6 is 0 Å². The summed E-state index contributed by atoms with van der Waals surface area (Å²) in [5, 5.41) is 24.6. The number of aliphatic hydroxyl groups is 1. The summed E-state index contributed by atoms with van der Waals surface area (Å²) in [7, 11) is 0. The Kier molecular flexibility index (Phi) is 6.42. The van der Waals surface area contributed by atoms with E-state index in [2.05, 4.69) is 64.5 Å². The number of nitrogens with zero attached hydrogens (tertiary/aromatic N) is 2. The van der Waals surface area contributed by atoms with E-state index in [-0.39, 0.29) is 18.5 Å². The van der Waals surface area contributed by atoms with Crippen LogP contribution in [0.3, 0.4) is 0 Å². The van der Waals surface area contributed by atoms with E-state index in [1.165, 1.54) is 0 Å². The normalized spacial score (nSPS) is 16.3. The highest BCUT2D eigenvalue weighted by Gasteiger charge is 2.22. The van der Waals surface area contributed by atoms with Gasteiger partial charge in [0, 0.05) is 58.3 Å². The highest BCUT2D eigenvalue weighted by atomic mass is 16.3. The first kappa shape index (κ1) is 22.9. The van der Waals surface area contributed by atoms with Gasteiger partial charge in [-0.05, 0) is 69.0 Å². The molecule has 1 amide bonds. The number of amides is 1. The number of fused-ring (bicyclic) bond motifs is 1. The van der Waals surface area contributed by atoms with Crippen LogP contribution in [0, 0.1) is 6.92 Å². The van der Waals surface area contributed by atoms with Crippen molar-refractivity contribution in [3.05, 3.63) is 64.8 Å². The fourth-order valence-electron chi connectivity index (χ4n) is 4.63. The minimum Gasteiger partial charge on any atom is -0.370 e. The topological polar surface area (TPSA) is 95.0 Å². The predicted octanol–water partition coefficient (Wildman–Crippen LogP) is 4.57. The van der Waals surface area contributed by atoms with Crippen LogP contribution in [0.2, 0.25) is 0 Å². The van der Waals surface area contributed by atoms with Crippen molar-refractivity contribution in [2.24, 2.45) is 0 Å². The second-order valence-electron chi connectivity index (χ2n) is 9.08. The van der Waals surface area contributed by atoms with Crippen LogP contribution in [0.1, 0.15) is 62.5 Å². The summed E-state index contributed by atoms with van der Waals surface area (Å²) < 4.78 is 2.20. The molecule has 3 heterocycles. The van der Waals surface area contributed by atoms with Crippen LogP contribution in [0.4, 0.5) is 0 Å². The van der Waals surface area contributed by atoms with E-state index < -0.39 is 6.23 Å². The van der Waals surface area contributed by atoms with E-state index in [1.54, 1.807) is 6.20 Å². The molecule has 4 rings (SSSR count). The van der Waals surface area contributed by atoms with Gasteiger partial charge in [0.15, 0.2) is 0 Å². The molecule has 0 fully saturated rings. The molecule has 7 nitrogen and oxygen atoms in total. The third kappa shape index (κ3) is 4.46. The first-order valence-electron chi connectivity index (χ1n) is 11.6. The number of H-pyrrole nitrogens is 1. The van der Waals surface area contributed by atoms with Gasteiger partial charge < -0.3 is 20.3 Å². The third-order valence-electron chi connectivity index (χ3n) is 6.21. The number of aryl methyl sites for hydroxylation is 1. The summed E-state index contributed by atoms with van der Waals surface area (Å²) in [5.41, 5.74) is 7.41. The number of nitrogens with one attached hydrogen (secondary N) is 3. The molecule has 0 radical (unpaired) electrons. The summed E-state index contributed by atoms with van der Waals surface area (Å²) in [6, 6.07) is 4.31. The molecule has 1 aromatic carbocycles. The van der Waals surface area contributed by atoms with E-state index in [0.717, 1.165) is 57.3 Å². The van der Waals surface area contributed by atoms with Gasteiger partial charge in [0.1, 0.15) is 6.23 Å². The number of hydrogen-bond acceptors (Lipinski definition) is 4. The molecule has 1 unspecified atom stereocenters. The minimum atomic E-state index is -0.794. The largest absolute Gasteiger partial charge is 0.370 e. The van der Waals surface area contributed by atoms with Crippen LogP contribution in [0.25, 0.3) is 22.0 Å². The standard InChI is InChI=1S/C26H33N5O2/c1-6-7-18-8-17(5)30-26(33)22(18)13-27-25(32)21-9-19(20-11-28-29-12-20)10-23-24(21)16(4)14-31(23)15(2)3/h8-12,14-15,26,30,33H,6-7,13H2,1-5H3,(H,27,32)(H,28,29). The third-order valence-corrected chi connectivity index (χ3v) is 6.21. The number of carbonyl (C=O) groups excluding carboxylic acids is 1. The number of benzene rings is 1. The van der Waals surface area contributed by atoms with E-state index in [4.69, 9.17) is 0 Å². The molecule has 7 heteroatoms. The Morgan fingerprint density at radius 2 is 2.06 bits per heavy atom. The number of aliphatic hydroxyl groups excluding tert-OH is 1. The zero-order valence-corrected chi connectivity index (χ0v) is 20.0. The lowest BCUT2D eigenvalue weighted by Gasteiger charge is -2.26. The number of hydrogen-bond donors (Lipinski definition) is 4. The summed E-state index contributed by atoms with van der Waals surface area (Å²) >= 11 is 0. The number of carbonyl (C=O) groups is 1. The first-order valence-corrected chi connectivity index (χ1v) is 11.6. The van der Waals surface area contributed by atoms with Gasteiger partial charge in [-0.1, -0.05) is 13.3 Å². The molecule has 0 bridgehead atoms. The van der Waals surface area contributed by atoms with Crippen molar-refractivity contribution in [2.45, 2.75) is 59.7 Å². The summed E-state index contributed by atoms with van der Waals surface area (Å²) in [6.07, 6.45) is 8.80. The van der Waals surface area contributed by atoms with E-state index in [0.29, 0.717) is 5.56 Å². The highest BCUT2D eigenvalue weighted by molar-refractivity contribution is 6.09. The summed E-state index contributed by atoms with van der Waals surface area (Å²) in [5.74, 6) is -0.156. The van der Waals surface area contributed by atoms with Crippen molar-refractivity contribution >= 4 is 16.8 Å². The van der Waals surface area contributed by atoms with Crippen molar-refractivity contribution in [3.8, 4) is 11.1 Å². The molecule has 33 heavy (non-hydrogen) atoms. The second-order valence-corrected chi connectivity index (χ2v) is 9.08. The lowest BCUT2D eigenvalue weighted by atomic mass is 9.97. The van der Waals surface area contributed by atoms with Gasteiger partial charge in [-0.15, -0.1) is 0 Å². The Morgan fingerprint density at radius 3 is 2.73 bits per heavy atom. The molecule has 2 aromatic heterocycles. The van der Waals surface area contributed by atoms with Crippen LogP contribution in [-0.4, -0.2) is 38.6 Å². The average molecular weight is 448 g/mol. The number of dihydropyridines is 1. The maximum absolute atomic E-state index is 13.5. The predicted molar refractivity (Wildman–Crippen MR) is 132 cm³/mol. The Hall–Kier alpha value is -3.32. The smallest absolute Gasteiger partial charge is 0.252 e. The van der Waals surface area contributed by atoms with Crippen LogP contribution in [-0.2, 0) is 0 Å². The fraction of sp³-hybridized carbons (Fsp3) is 0.385. The number of aromatic amines is 1. The van der Waals surface area contributed by atoms with Gasteiger partial charge in [0.25, 0.3) is 5.91 Å². The quantitative estimate of drug-likeness (QED) is 0.427. The van der Waals surface area contributed by atoms with Gasteiger partial charge in [-0.3, -0.25) is 9.89 Å². The maximum atomic E-state index is 13.5. The molecule has 0 aliphatic carbocycles.